The summed E-state index contributed by atoms with van der Waals surface area (Å²) in [5, 5.41) is 0. The van der Waals surface area contributed by atoms with Gasteiger partial charge in [0.2, 0.25) is 0 Å². The maximum atomic E-state index is 6.02. The van der Waals surface area contributed by atoms with Gasteiger partial charge in [0.15, 0.2) is 11.5 Å². The van der Waals surface area contributed by atoms with Crippen LogP contribution in [0.2, 0.25) is 0 Å². The lowest BCUT2D eigenvalue weighted by atomic mass is 10.0. The Labute approximate surface area is 114 Å². The molecule has 0 aliphatic carbocycles. The van der Waals surface area contributed by atoms with Crippen molar-refractivity contribution in [2.45, 2.75) is 26.7 Å². The SMILES string of the molecule is Cc1ccc2c(c1)Oc1ccc(C(C)C)cc1N2C. The van der Waals surface area contributed by atoms with Crippen LogP contribution >= 0.6 is 0 Å². The third-order valence-electron chi connectivity index (χ3n) is 3.71. The maximum Gasteiger partial charge on any atom is 0.151 e. The van der Waals surface area contributed by atoms with Gasteiger partial charge in [-0.05, 0) is 48.2 Å². The van der Waals surface area contributed by atoms with Crippen LogP contribution < -0.4 is 9.64 Å². The highest BCUT2D eigenvalue weighted by molar-refractivity contribution is 5.78. The molecular weight excluding hydrogens is 234 g/mol. The van der Waals surface area contributed by atoms with E-state index in [1.165, 1.54) is 11.1 Å². The van der Waals surface area contributed by atoms with E-state index in [-0.39, 0.29) is 0 Å². The van der Waals surface area contributed by atoms with Crippen LogP contribution in [-0.2, 0) is 0 Å². The number of nitrogens with zero attached hydrogens (tertiary/aromatic N) is 1. The number of ether oxygens (including phenoxy) is 1. The molecule has 0 unspecified atom stereocenters. The van der Waals surface area contributed by atoms with Gasteiger partial charge >= 0.3 is 0 Å². The van der Waals surface area contributed by atoms with Crippen molar-refractivity contribution in [2.24, 2.45) is 0 Å². The molecule has 2 aromatic carbocycles. The number of rotatable bonds is 1. The molecule has 0 saturated heterocycles. The van der Waals surface area contributed by atoms with Gasteiger partial charge in [-0.2, -0.15) is 0 Å². The molecule has 1 aliphatic rings. The molecule has 0 amide bonds. The van der Waals surface area contributed by atoms with Gasteiger partial charge in [-0.25, -0.2) is 0 Å². The highest BCUT2D eigenvalue weighted by atomic mass is 16.5. The molecule has 2 heteroatoms. The largest absolute Gasteiger partial charge is 0.453 e. The van der Waals surface area contributed by atoms with Gasteiger partial charge in [0, 0.05) is 7.05 Å². The Bertz CT molecular complexity index is 631. The van der Waals surface area contributed by atoms with Gasteiger partial charge in [0.25, 0.3) is 0 Å². The molecule has 0 spiro atoms. The molecule has 2 nitrogen and oxygen atoms in total. The number of fused-ring (bicyclic) bond motifs is 2. The second kappa shape index (κ2) is 4.30. The van der Waals surface area contributed by atoms with Crippen molar-refractivity contribution in [3.05, 3.63) is 47.5 Å². The number of hydrogen-bond donors (Lipinski definition) is 0. The number of aryl methyl sites for hydroxylation is 1. The first-order valence-corrected chi connectivity index (χ1v) is 6.72. The lowest BCUT2D eigenvalue weighted by Crippen LogP contribution is -2.16. The molecule has 2 aromatic rings. The topological polar surface area (TPSA) is 12.5 Å². The number of benzene rings is 2. The fraction of sp³-hybridized carbons (Fsp3) is 0.294. The van der Waals surface area contributed by atoms with E-state index in [0.29, 0.717) is 5.92 Å². The van der Waals surface area contributed by atoms with Crippen molar-refractivity contribution >= 4 is 11.4 Å². The Morgan fingerprint density at radius 1 is 0.947 bits per heavy atom. The molecule has 0 aromatic heterocycles. The summed E-state index contributed by atoms with van der Waals surface area (Å²) in [5.74, 6) is 2.40. The molecule has 98 valence electrons. The first-order valence-electron chi connectivity index (χ1n) is 6.72. The van der Waals surface area contributed by atoms with Crippen LogP contribution in [0.15, 0.2) is 36.4 Å². The van der Waals surface area contributed by atoms with Crippen molar-refractivity contribution in [1.82, 2.24) is 0 Å². The molecule has 19 heavy (non-hydrogen) atoms. The number of hydrogen-bond acceptors (Lipinski definition) is 2. The highest BCUT2D eigenvalue weighted by Crippen LogP contribution is 2.46. The summed E-state index contributed by atoms with van der Waals surface area (Å²) in [6.07, 6.45) is 0. The van der Waals surface area contributed by atoms with Gasteiger partial charge in [0.05, 0.1) is 11.4 Å². The van der Waals surface area contributed by atoms with Crippen LogP contribution in [0.25, 0.3) is 0 Å². The van der Waals surface area contributed by atoms with Crippen molar-refractivity contribution in [3.8, 4) is 11.5 Å². The van der Waals surface area contributed by atoms with Crippen molar-refractivity contribution in [3.63, 3.8) is 0 Å². The van der Waals surface area contributed by atoms with Crippen LogP contribution in [0, 0.1) is 6.92 Å². The Hall–Kier alpha value is -1.96. The summed E-state index contributed by atoms with van der Waals surface area (Å²) < 4.78 is 6.02. The van der Waals surface area contributed by atoms with Crippen LogP contribution in [-0.4, -0.2) is 7.05 Å². The minimum absolute atomic E-state index is 0.526. The summed E-state index contributed by atoms with van der Waals surface area (Å²) in [6.45, 7) is 6.51. The molecular formula is C17H19NO. The quantitative estimate of drug-likeness (QED) is 0.709. The molecule has 0 saturated carbocycles. The van der Waals surface area contributed by atoms with E-state index in [1.807, 2.05) is 0 Å². The summed E-state index contributed by atoms with van der Waals surface area (Å²) in [5.41, 5.74) is 4.82. The molecule has 0 N–H and O–H groups in total. The summed E-state index contributed by atoms with van der Waals surface area (Å²) in [4.78, 5) is 2.21. The van der Waals surface area contributed by atoms with E-state index in [1.54, 1.807) is 0 Å². The van der Waals surface area contributed by atoms with E-state index in [2.05, 4.69) is 69.1 Å². The molecule has 0 fully saturated rings. The minimum atomic E-state index is 0.526. The van der Waals surface area contributed by atoms with E-state index in [4.69, 9.17) is 4.74 Å². The van der Waals surface area contributed by atoms with E-state index < -0.39 is 0 Å². The van der Waals surface area contributed by atoms with E-state index in [9.17, 15) is 0 Å². The second-order valence-electron chi connectivity index (χ2n) is 5.51. The van der Waals surface area contributed by atoms with Gasteiger partial charge in [-0.3, -0.25) is 0 Å². The predicted octanol–water partition coefficient (Wildman–Crippen LogP) is 4.99. The zero-order valence-corrected chi connectivity index (χ0v) is 11.9. The fourth-order valence-electron chi connectivity index (χ4n) is 2.47. The van der Waals surface area contributed by atoms with E-state index >= 15 is 0 Å². The first kappa shape index (κ1) is 12.1. The Morgan fingerprint density at radius 3 is 2.47 bits per heavy atom. The van der Waals surface area contributed by atoms with Crippen LogP contribution in [0.4, 0.5) is 11.4 Å². The first-order chi connectivity index (χ1) is 9.06. The maximum absolute atomic E-state index is 6.02. The van der Waals surface area contributed by atoms with Gasteiger partial charge in [-0.15, -0.1) is 0 Å². The third-order valence-corrected chi connectivity index (χ3v) is 3.71. The van der Waals surface area contributed by atoms with Gasteiger partial charge < -0.3 is 9.64 Å². The predicted molar refractivity (Wildman–Crippen MR) is 79.8 cm³/mol. The monoisotopic (exact) mass is 253 g/mol. The molecule has 3 rings (SSSR count). The third kappa shape index (κ3) is 1.97. The standard InChI is InChI=1S/C17H19NO/c1-11(2)13-6-8-16-15(10-13)18(4)14-7-5-12(3)9-17(14)19-16/h5-11H,1-4H3. The molecule has 0 bridgehead atoms. The van der Waals surface area contributed by atoms with Crippen LogP contribution in [0.5, 0.6) is 11.5 Å². The Morgan fingerprint density at radius 2 is 1.74 bits per heavy atom. The lowest BCUT2D eigenvalue weighted by molar-refractivity contribution is 0.475. The second-order valence-corrected chi connectivity index (χ2v) is 5.51. The molecule has 1 aliphatic heterocycles. The van der Waals surface area contributed by atoms with Crippen molar-refractivity contribution in [1.29, 1.82) is 0 Å². The lowest BCUT2D eigenvalue weighted by Gasteiger charge is -2.30. The Balaban J connectivity index is 2.10. The zero-order valence-electron chi connectivity index (χ0n) is 11.9. The summed E-state index contributed by atoms with van der Waals surface area (Å²) in [7, 11) is 2.10. The number of anilines is 2. The smallest absolute Gasteiger partial charge is 0.151 e. The van der Waals surface area contributed by atoms with Crippen LogP contribution in [0.3, 0.4) is 0 Å². The zero-order chi connectivity index (χ0) is 13.6. The average molecular weight is 253 g/mol. The summed E-state index contributed by atoms with van der Waals surface area (Å²) >= 11 is 0. The average Bonchev–Trinajstić information content (AvgIpc) is 2.38. The van der Waals surface area contributed by atoms with Crippen molar-refractivity contribution in [2.75, 3.05) is 11.9 Å². The highest BCUT2D eigenvalue weighted by Gasteiger charge is 2.22. The molecule has 0 radical (unpaired) electrons. The summed E-state index contributed by atoms with van der Waals surface area (Å²) in [6, 6.07) is 12.8. The molecule has 0 atom stereocenters. The van der Waals surface area contributed by atoms with Gasteiger partial charge in [0.1, 0.15) is 0 Å². The normalized spacial score (nSPS) is 13.0. The molecule has 1 heterocycles. The Kier molecular flexibility index (Phi) is 2.74. The van der Waals surface area contributed by atoms with Crippen LogP contribution in [0.1, 0.15) is 30.9 Å². The minimum Gasteiger partial charge on any atom is -0.453 e. The fourth-order valence-corrected chi connectivity index (χ4v) is 2.47. The van der Waals surface area contributed by atoms with E-state index in [0.717, 1.165) is 22.9 Å². The van der Waals surface area contributed by atoms with Gasteiger partial charge in [-0.1, -0.05) is 26.0 Å². The van der Waals surface area contributed by atoms with Crippen molar-refractivity contribution < 1.29 is 4.74 Å².